The van der Waals surface area contributed by atoms with E-state index in [4.69, 9.17) is 4.42 Å². The molecule has 0 radical (unpaired) electrons. The van der Waals surface area contributed by atoms with E-state index in [1.165, 1.54) is 65.7 Å². The molecule has 0 saturated heterocycles. The van der Waals surface area contributed by atoms with Gasteiger partial charge in [-0.15, -0.1) is 0 Å². The minimum atomic E-state index is -0.369. The van der Waals surface area contributed by atoms with E-state index in [1.807, 2.05) is 12.1 Å². The molecule has 0 fully saturated rings. The first kappa shape index (κ1) is 37.7. The molecular formula is C64H42N2O. The van der Waals surface area contributed by atoms with Gasteiger partial charge >= 0.3 is 0 Å². The molecule has 14 rings (SSSR count). The lowest BCUT2D eigenvalue weighted by molar-refractivity contribution is 0.670. The van der Waals surface area contributed by atoms with Crippen LogP contribution in [0.15, 0.2) is 241 Å². The number of para-hydroxylation sites is 3. The topological polar surface area (TPSA) is 21.3 Å². The Morgan fingerprint density at radius 1 is 0.403 bits per heavy atom. The number of fused-ring (bicyclic) bond motifs is 11. The van der Waals surface area contributed by atoms with Crippen LogP contribution >= 0.6 is 0 Å². The van der Waals surface area contributed by atoms with Crippen molar-refractivity contribution in [2.45, 2.75) is 12.3 Å². The lowest BCUT2D eigenvalue weighted by atomic mass is 9.73. The van der Waals surface area contributed by atoms with Gasteiger partial charge in [0.15, 0.2) is 0 Å². The zero-order valence-corrected chi connectivity index (χ0v) is 36.8. The van der Waals surface area contributed by atoms with Crippen LogP contribution in [-0.2, 0) is 5.41 Å². The quantitative estimate of drug-likeness (QED) is 0.166. The molecule has 13 aromatic rings. The fraction of sp³-hybridized carbons (Fsp3) is 0.0312. The van der Waals surface area contributed by atoms with Crippen LogP contribution in [0.3, 0.4) is 0 Å². The normalized spacial score (nSPS) is 14.4. The molecule has 314 valence electrons. The predicted octanol–water partition coefficient (Wildman–Crippen LogP) is 17.5. The Labute approximate surface area is 388 Å². The van der Waals surface area contributed by atoms with Gasteiger partial charge in [-0.25, -0.2) is 0 Å². The summed E-state index contributed by atoms with van der Waals surface area (Å²) in [6.07, 6.45) is 0. The highest BCUT2D eigenvalue weighted by Gasteiger charge is 2.41. The second-order valence-electron chi connectivity index (χ2n) is 18.2. The Morgan fingerprint density at radius 3 is 1.88 bits per heavy atom. The highest BCUT2D eigenvalue weighted by Crippen LogP contribution is 2.54. The summed E-state index contributed by atoms with van der Waals surface area (Å²) >= 11 is 0. The van der Waals surface area contributed by atoms with Crippen LogP contribution < -0.4 is 4.90 Å². The molecule has 67 heavy (non-hydrogen) atoms. The van der Waals surface area contributed by atoms with E-state index in [0.29, 0.717) is 0 Å². The molecule has 2 heterocycles. The lowest BCUT2D eigenvalue weighted by Crippen LogP contribution is -2.22. The Bertz CT molecular complexity index is 4120. The molecule has 2 aromatic heterocycles. The van der Waals surface area contributed by atoms with Crippen LogP contribution in [0.5, 0.6) is 0 Å². The summed E-state index contributed by atoms with van der Waals surface area (Å²) in [5.41, 5.74) is 17.0. The highest BCUT2D eigenvalue weighted by atomic mass is 16.3. The number of furan rings is 1. The van der Waals surface area contributed by atoms with Gasteiger partial charge in [0.25, 0.3) is 0 Å². The first-order valence-electron chi connectivity index (χ1n) is 23.2. The van der Waals surface area contributed by atoms with E-state index in [-0.39, 0.29) is 5.41 Å². The van der Waals surface area contributed by atoms with Gasteiger partial charge in [0.1, 0.15) is 11.2 Å². The van der Waals surface area contributed by atoms with Gasteiger partial charge in [0, 0.05) is 55.0 Å². The fourth-order valence-corrected chi connectivity index (χ4v) is 11.4. The molecular weight excluding hydrogens is 813 g/mol. The standard InChI is InChI=1S/C64H42N2O/c1-64(57-26-11-9-22-51(57)54-37-43-16-5-6-17-44(43)38-58(54)64)45-31-35-60-55(39-45)56-40-48(34-36-61(56)66(60)46-19-3-2-4-20-46)65(59-27-13-18-41-15-7-8-21-49(41)59)47-32-29-42(30-33-47)50-24-14-25-53-52-23-10-12-28-62(52)67-63(50)53/h2-40H,1H3. The van der Waals surface area contributed by atoms with Crippen molar-refractivity contribution in [3.63, 3.8) is 0 Å². The molecule has 1 aliphatic rings. The van der Waals surface area contributed by atoms with Crippen LogP contribution in [0.25, 0.3) is 93.2 Å². The maximum Gasteiger partial charge on any atom is 0.143 e. The van der Waals surface area contributed by atoms with Crippen molar-refractivity contribution in [3.05, 3.63) is 253 Å². The van der Waals surface area contributed by atoms with Gasteiger partial charge in [-0.3, -0.25) is 0 Å². The zero-order chi connectivity index (χ0) is 44.2. The van der Waals surface area contributed by atoms with Crippen molar-refractivity contribution < 1.29 is 4.42 Å². The Kier molecular flexibility index (Phi) is 8.11. The third-order valence-electron chi connectivity index (χ3n) is 14.6. The molecule has 0 N–H and O–H groups in total. The van der Waals surface area contributed by atoms with Crippen molar-refractivity contribution in [1.82, 2.24) is 4.57 Å². The number of hydrogen-bond acceptors (Lipinski definition) is 2. The van der Waals surface area contributed by atoms with Crippen molar-refractivity contribution in [2.75, 3.05) is 4.90 Å². The van der Waals surface area contributed by atoms with Gasteiger partial charge in [-0.2, -0.15) is 0 Å². The van der Waals surface area contributed by atoms with Gasteiger partial charge < -0.3 is 13.9 Å². The van der Waals surface area contributed by atoms with Crippen molar-refractivity contribution in [3.8, 4) is 27.9 Å². The fourth-order valence-electron chi connectivity index (χ4n) is 11.4. The zero-order valence-electron chi connectivity index (χ0n) is 36.8. The Morgan fingerprint density at radius 2 is 1.03 bits per heavy atom. The number of nitrogens with zero attached hydrogens (tertiary/aromatic N) is 2. The van der Waals surface area contributed by atoms with E-state index in [9.17, 15) is 0 Å². The van der Waals surface area contributed by atoms with Crippen LogP contribution in [0.2, 0.25) is 0 Å². The van der Waals surface area contributed by atoms with Gasteiger partial charge in [-0.1, -0.05) is 158 Å². The maximum absolute atomic E-state index is 6.50. The molecule has 1 atom stereocenters. The molecule has 0 amide bonds. The molecule has 0 bridgehead atoms. The van der Waals surface area contributed by atoms with Gasteiger partial charge in [-0.05, 0) is 135 Å². The lowest BCUT2D eigenvalue weighted by Gasteiger charge is -2.29. The van der Waals surface area contributed by atoms with E-state index in [2.05, 4.69) is 241 Å². The molecule has 0 aliphatic heterocycles. The first-order valence-corrected chi connectivity index (χ1v) is 23.2. The van der Waals surface area contributed by atoms with Crippen LogP contribution in [0, 0.1) is 0 Å². The van der Waals surface area contributed by atoms with Crippen molar-refractivity contribution in [2.24, 2.45) is 0 Å². The Hall–Kier alpha value is -8.66. The van der Waals surface area contributed by atoms with Crippen LogP contribution in [0.1, 0.15) is 23.6 Å². The minimum absolute atomic E-state index is 0.369. The maximum atomic E-state index is 6.50. The largest absolute Gasteiger partial charge is 0.455 e. The highest BCUT2D eigenvalue weighted by molar-refractivity contribution is 6.12. The average Bonchev–Trinajstić information content (AvgIpc) is 4.02. The van der Waals surface area contributed by atoms with E-state index >= 15 is 0 Å². The van der Waals surface area contributed by atoms with Gasteiger partial charge in [0.2, 0.25) is 0 Å². The summed E-state index contributed by atoms with van der Waals surface area (Å²) < 4.78 is 8.93. The van der Waals surface area contributed by atoms with Crippen LogP contribution in [0.4, 0.5) is 17.1 Å². The summed E-state index contributed by atoms with van der Waals surface area (Å²) in [7, 11) is 0. The summed E-state index contributed by atoms with van der Waals surface area (Å²) in [5.74, 6) is 0. The summed E-state index contributed by atoms with van der Waals surface area (Å²) in [6.45, 7) is 2.43. The number of benzene rings is 11. The molecule has 0 spiro atoms. The predicted molar refractivity (Wildman–Crippen MR) is 281 cm³/mol. The van der Waals surface area contributed by atoms with Crippen LogP contribution in [-0.4, -0.2) is 4.57 Å². The molecule has 1 unspecified atom stereocenters. The molecule has 11 aromatic carbocycles. The minimum Gasteiger partial charge on any atom is -0.455 e. The number of rotatable bonds is 6. The molecule has 1 aliphatic carbocycles. The first-order chi connectivity index (χ1) is 33.1. The molecule has 3 nitrogen and oxygen atoms in total. The summed E-state index contributed by atoms with van der Waals surface area (Å²) in [5, 5.41) is 9.60. The third kappa shape index (κ3) is 5.58. The molecule has 3 heteroatoms. The van der Waals surface area contributed by atoms with E-state index < -0.39 is 0 Å². The van der Waals surface area contributed by atoms with Crippen molar-refractivity contribution >= 4 is 82.4 Å². The number of anilines is 3. The summed E-state index contributed by atoms with van der Waals surface area (Å²) in [6, 6.07) is 86.7. The van der Waals surface area contributed by atoms with Gasteiger partial charge in [0.05, 0.1) is 16.7 Å². The second kappa shape index (κ2) is 14.4. The molecule has 0 saturated carbocycles. The van der Waals surface area contributed by atoms with E-state index in [0.717, 1.165) is 61.3 Å². The van der Waals surface area contributed by atoms with E-state index in [1.54, 1.807) is 0 Å². The number of hydrogen-bond donors (Lipinski definition) is 0. The third-order valence-corrected chi connectivity index (χ3v) is 14.6. The summed E-state index contributed by atoms with van der Waals surface area (Å²) in [4.78, 5) is 2.43. The Balaban J connectivity index is 0.985. The monoisotopic (exact) mass is 854 g/mol. The SMILES string of the molecule is CC1(c2ccc3c(c2)c2cc(N(c4ccc(-c5cccc6c5oc5ccccc56)cc4)c4cccc5ccccc45)ccc2n3-c2ccccc2)c2ccccc2-c2cc3ccccc3cc21. The average molecular weight is 855 g/mol. The smallest absolute Gasteiger partial charge is 0.143 e. The number of aromatic nitrogens is 1. The van der Waals surface area contributed by atoms with Crippen molar-refractivity contribution in [1.29, 1.82) is 0 Å². The second-order valence-corrected chi connectivity index (χ2v) is 18.2.